The first-order valence-corrected chi connectivity index (χ1v) is 6.51. The van der Waals surface area contributed by atoms with E-state index in [9.17, 15) is 13.2 Å². The Morgan fingerprint density at radius 3 is 2.24 bits per heavy atom. The van der Waals surface area contributed by atoms with Gasteiger partial charge < -0.3 is 0 Å². The molecule has 17 heavy (non-hydrogen) atoms. The average molecular weight is 263 g/mol. The number of halogens is 3. The van der Waals surface area contributed by atoms with Gasteiger partial charge in [0, 0.05) is 11.4 Å². The molecule has 0 atom stereocenters. The molecule has 1 rings (SSSR count). The highest BCUT2D eigenvalue weighted by Gasteiger charge is 2.28. The zero-order valence-electron chi connectivity index (χ0n) is 9.92. The third-order valence-corrected chi connectivity index (χ3v) is 3.13. The number of benzene rings is 1. The van der Waals surface area contributed by atoms with Gasteiger partial charge in [-0.1, -0.05) is 12.1 Å². The lowest BCUT2D eigenvalue weighted by atomic mass is 10.1. The Hall–Kier alpha value is -0.680. The van der Waals surface area contributed by atoms with Crippen molar-refractivity contribution in [2.45, 2.75) is 17.5 Å². The van der Waals surface area contributed by atoms with Gasteiger partial charge in [0.25, 0.3) is 0 Å². The van der Waals surface area contributed by atoms with Crippen molar-refractivity contribution in [1.29, 1.82) is 0 Å². The van der Waals surface area contributed by atoms with E-state index in [1.807, 2.05) is 30.5 Å². The van der Waals surface area contributed by atoms with Crippen molar-refractivity contribution in [2.24, 2.45) is 0 Å². The highest BCUT2D eigenvalue weighted by atomic mass is 32.2. The number of thioether (sulfide) groups is 1. The molecule has 0 amide bonds. The molecule has 0 unspecified atom stereocenters. The molecular formula is C12H16F3NS. The SMILES string of the molecule is CSc1ccc(CCN(C)CC(F)(F)F)cc1. The first-order chi connectivity index (χ1) is 7.90. The van der Waals surface area contributed by atoms with E-state index < -0.39 is 12.7 Å². The van der Waals surface area contributed by atoms with Crippen LogP contribution >= 0.6 is 11.8 Å². The third-order valence-electron chi connectivity index (χ3n) is 2.39. The minimum atomic E-state index is -4.11. The molecule has 96 valence electrons. The summed E-state index contributed by atoms with van der Waals surface area (Å²) in [6.45, 7) is -0.436. The molecule has 0 radical (unpaired) electrons. The van der Waals surface area contributed by atoms with Crippen LogP contribution in [0.2, 0.25) is 0 Å². The lowest BCUT2D eigenvalue weighted by Crippen LogP contribution is -2.32. The van der Waals surface area contributed by atoms with Crippen LogP contribution in [0.25, 0.3) is 0 Å². The van der Waals surface area contributed by atoms with Gasteiger partial charge in [-0.25, -0.2) is 0 Å². The zero-order valence-corrected chi connectivity index (χ0v) is 10.7. The Morgan fingerprint density at radius 1 is 1.18 bits per heavy atom. The van der Waals surface area contributed by atoms with Gasteiger partial charge in [-0.3, -0.25) is 4.90 Å². The van der Waals surface area contributed by atoms with Crippen molar-refractivity contribution >= 4 is 11.8 Å². The fraction of sp³-hybridized carbons (Fsp3) is 0.500. The van der Waals surface area contributed by atoms with Crippen molar-refractivity contribution in [2.75, 3.05) is 26.4 Å². The number of nitrogens with zero attached hydrogens (tertiary/aromatic N) is 1. The molecule has 1 aromatic rings. The molecule has 0 aliphatic rings. The van der Waals surface area contributed by atoms with E-state index in [-0.39, 0.29) is 0 Å². The topological polar surface area (TPSA) is 3.24 Å². The molecule has 0 saturated heterocycles. The van der Waals surface area contributed by atoms with Crippen molar-refractivity contribution in [3.63, 3.8) is 0 Å². The molecule has 0 bridgehead atoms. The van der Waals surface area contributed by atoms with Crippen LogP contribution in [0, 0.1) is 0 Å². The minimum absolute atomic E-state index is 0.415. The van der Waals surface area contributed by atoms with Gasteiger partial charge in [0.1, 0.15) is 0 Å². The molecular weight excluding hydrogens is 247 g/mol. The number of rotatable bonds is 5. The molecule has 0 aliphatic heterocycles. The molecule has 0 heterocycles. The molecule has 1 aromatic carbocycles. The summed E-state index contributed by atoms with van der Waals surface area (Å²) in [4.78, 5) is 2.46. The van der Waals surface area contributed by atoms with Crippen LogP contribution in [0.3, 0.4) is 0 Å². The van der Waals surface area contributed by atoms with Crippen molar-refractivity contribution < 1.29 is 13.2 Å². The molecule has 5 heteroatoms. The summed E-state index contributed by atoms with van der Waals surface area (Å²) in [7, 11) is 1.49. The Balaban J connectivity index is 2.39. The Labute approximate surface area is 104 Å². The third kappa shape index (κ3) is 5.98. The van der Waals surface area contributed by atoms with E-state index in [0.717, 1.165) is 10.5 Å². The van der Waals surface area contributed by atoms with Crippen LogP contribution in [-0.4, -0.2) is 37.5 Å². The highest BCUT2D eigenvalue weighted by molar-refractivity contribution is 7.98. The van der Waals surface area contributed by atoms with Crippen molar-refractivity contribution in [3.8, 4) is 0 Å². The highest BCUT2D eigenvalue weighted by Crippen LogP contribution is 2.17. The van der Waals surface area contributed by atoms with Crippen LogP contribution in [-0.2, 0) is 6.42 Å². The Morgan fingerprint density at radius 2 is 1.76 bits per heavy atom. The maximum atomic E-state index is 12.1. The molecule has 1 nitrogen and oxygen atoms in total. The standard InChI is InChI=1S/C12H16F3NS/c1-16(9-12(13,14)15)8-7-10-3-5-11(17-2)6-4-10/h3-6H,7-9H2,1-2H3. The lowest BCUT2D eigenvalue weighted by molar-refractivity contribution is -0.142. The van der Waals surface area contributed by atoms with Crippen LogP contribution in [0.5, 0.6) is 0 Å². The number of hydrogen-bond donors (Lipinski definition) is 0. The number of likely N-dealkylation sites (N-methyl/N-ethyl adjacent to an activating group) is 1. The maximum absolute atomic E-state index is 12.1. The lowest BCUT2D eigenvalue weighted by Gasteiger charge is -2.18. The molecule has 0 fully saturated rings. The Kier molecular flexibility index (Phi) is 5.33. The fourth-order valence-electron chi connectivity index (χ4n) is 1.50. The normalized spacial score (nSPS) is 12.1. The van der Waals surface area contributed by atoms with Gasteiger partial charge in [0.15, 0.2) is 0 Å². The zero-order chi connectivity index (χ0) is 12.9. The first-order valence-electron chi connectivity index (χ1n) is 5.29. The largest absolute Gasteiger partial charge is 0.401 e. The fourth-order valence-corrected chi connectivity index (χ4v) is 1.91. The monoisotopic (exact) mass is 263 g/mol. The van der Waals surface area contributed by atoms with Gasteiger partial charge in [0.2, 0.25) is 0 Å². The molecule has 0 N–H and O–H groups in total. The Bertz CT molecular complexity index is 335. The van der Waals surface area contributed by atoms with E-state index >= 15 is 0 Å². The van der Waals surface area contributed by atoms with E-state index in [4.69, 9.17) is 0 Å². The minimum Gasteiger partial charge on any atom is -0.298 e. The van der Waals surface area contributed by atoms with Crippen molar-refractivity contribution in [3.05, 3.63) is 29.8 Å². The van der Waals surface area contributed by atoms with Gasteiger partial charge in [0.05, 0.1) is 6.54 Å². The maximum Gasteiger partial charge on any atom is 0.401 e. The van der Waals surface area contributed by atoms with Gasteiger partial charge in [-0.15, -0.1) is 11.8 Å². The number of alkyl halides is 3. The molecule has 0 saturated carbocycles. The second-order valence-electron chi connectivity index (χ2n) is 3.95. The summed E-state index contributed by atoms with van der Waals surface area (Å²) in [6, 6.07) is 7.91. The first kappa shape index (κ1) is 14.4. The van der Waals surface area contributed by atoms with Crippen LogP contribution in [0.15, 0.2) is 29.2 Å². The summed E-state index contributed by atoms with van der Waals surface area (Å²) in [5, 5.41) is 0. The molecule has 0 spiro atoms. The van der Waals surface area contributed by atoms with E-state index in [0.29, 0.717) is 13.0 Å². The smallest absolute Gasteiger partial charge is 0.298 e. The second-order valence-corrected chi connectivity index (χ2v) is 4.83. The molecule has 0 aromatic heterocycles. The van der Waals surface area contributed by atoms with Gasteiger partial charge >= 0.3 is 6.18 Å². The van der Waals surface area contributed by atoms with E-state index in [1.165, 1.54) is 11.9 Å². The van der Waals surface area contributed by atoms with Crippen LogP contribution in [0.4, 0.5) is 13.2 Å². The predicted molar refractivity (Wildman–Crippen MR) is 65.5 cm³/mol. The summed E-state index contributed by atoms with van der Waals surface area (Å²) in [5.41, 5.74) is 1.07. The average Bonchev–Trinajstić information content (AvgIpc) is 2.25. The van der Waals surface area contributed by atoms with E-state index in [1.54, 1.807) is 11.8 Å². The summed E-state index contributed by atoms with van der Waals surface area (Å²) in [6.07, 6.45) is -1.48. The molecule has 0 aliphatic carbocycles. The van der Waals surface area contributed by atoms with Gasteiger partial charge in [-0.2, -0.15) is 13.2 Å². The summed E-state index contributed by atoms with van der Waals surface area (Å²) in [5.74, 6) is 0. The van der Waals surface area contributed by atoms with E-state index in [2.05, 4.69) is 0 Å². The summed E-state index contributed by atoms with van der Waals surface area (Å²) >= 11 is 1.65. The van der Waals surface area contributed by atoms with Crippen LogP contribution in [0.1, 0.15) is 5.56 Å². The van der Waals surface area contributed by atoms with Gasteiger partial charge in [-0.05, 0) is 37.4 Å². The number of hydrogen-bond acceptors (Lipinski definition) is 2. The predicted octanol–water partition coefficient (Wildman–Crippen LogP) is 3.45. The van der Waals surface area contributed by atoms with Crippen LogP contribution < -0.4 is 0 Å². The summed E-state index contributed by atoms with van der Waals surface area (Å²) < 4.78 is 36.3. The van der Waals surface area contributed by atoms with Crippen molar-refractivity contribution in [1.82, 2.24) is 4.90 Å². The second kappa shape index (κ2) is 6.31. The quantitative estimate of drug-likeness (QED) is 0.749.